The van der Waals surface area contributed by atoms with Gasteiger partial charge in [-0.05, 0) is 38.8 Å². The fourth-order valence-corrected chi connectivity index (χ4v) is 4.22. The zero-order chi connectivity index (χ0) is 17.2. The Kier molecular flexibility index (Phi) is 4.44. The van der Waals surface area contributed by atoms with Gasteiger partial charge in [-0.1, -0.05) is 0 Å². The third-order valence-electron chi connectivity index (χ3n) is 4.51. The van der Waals surface area contributed by atoms with Crippen molar-refractivity contribution in [2.45, 2.75) is 32.6 Å². The van der Waals surface area contributed by atoms with Crippen LogP contribution in [0.3, 0.4) is 0 Å². The topological polar surface area (TPSA) is 54.8 Å². The third kappa shape index (κ3) is 3.54. The Morgan fingerprint density at radius 2 is 1.92 bits per heavy atom. The predicted molar refractivity (Wildman–Crippen MR) is 101 cm³/mol. The smallest absolute Gasteiger partial charge is 0.161 e. The number of nitrogens with zero attached hydrogens (tertiary/aromatic N) is 5. The molecule has 0 amide bonds. The van der Waals surface area contributed by atoms with E-state index < -0.39 is 0 Å². The fourth-order valence-electron chi connectivity index (χ4n) is 3.29. The third-order valence-corrected chi connectivity index (χ3v) is 5.64. The summed E-state index contributed by atoms with van der Waals surface area (Å²) in [5, 5.41) is 3.40. The monoisotopic (exact) mass is 351 g/mol. The van der Waals surface area contributed by atoms with E-state index in [1.807, 2.05) is 19.1 Å². The molecule has 0 radical (unpaired) electrons. The summed E-state index contributed by atoms with van der Waals surface area (Å²) in [5.74, 6) is 2.27. The molecule has 3 aromatic rings. The largest absolute Gasteiger partial charge is 0.356 e. The first-order valence-corrected chi connectivity index (χ1v) is 9.50. The van der Waals surface area contributed by atoms with Gasteiger partial charge in [-0.25, -0.2) is 15.0 Å². The molecule has 1 atom stereocenters. The average molecular weight is 351 g/mol. The molecule has 1 fully saturated rings. The summed E-state index contributed by atoms with van der Waals surface area (Å²) < 4.78 is 0. The molecule has 0 bridgehead atoms. The van der Waals surface area contributed by atoms with Crippen molar-refractivity contribution in [1.29, 1.82) is 0 Å². The van der Waals surface area contributed by atoms with E-state index in [0.717, 1.165) is 48.1 Å². The highest BCUT2D eigenvalue weighted by Gasteiger charge is 2.25. The molecule has 4 rings (SSSR count). The van der Waals surface area contributed by atoms with Gasteiger partial charge in [0, 0.05) is 59.8 Å². The van der Waals surface area contributed by atoms with Crippen LogP contribution >= 0.6 is 11.3 Å². The number of anilines is 1. The van der Waals surface area contributed by atoms with Crippen molar-refractivity contribution in [3.63, 3.8) is 0 Å². The summed E-state index contributed by atoms with van der Waals surface area (Å²) in [7, 11) is 0. The number of pyridine rings is 1. The van der Waals surface area contributed by atoms with Gasteiger partial charge in [0.25, 0.3) is 0 Å². The van der Waals surface area contributed by atoms with Crippen molar-refractivity contribution in [3.05, 3.63) is 52.4 Å². The molecular weight excluding hydrogens is 330 g/mol. The van der Waals surface area contributed by atoms with E-state index >= 15 is 0 Å². The number of piperidine rings is 1. The summed E-state index contributed by atoms with van der Waals surface area (Å²) >= 11 is 1.78. The van der Waals surface area contributed by atoms with Gasteiger partial charge in [-0.15, -0.1) is 11.3 Å². The van der Waals surface area contributed by atoms with Crippen molar-refractivity contribution in [2.24, 2.45) is 0 Å². The van der Waals surface area contributed by atoms with Crippen molar-refractivity contribution in [3.8, 4) is 11.4 Å². The van der Waals surface area contributed by atoms with E-state index in [4.69, 9.17) is 9.97 Å². The Labute approximate surface area is 151 Å². The molecule has 6 heteroatoms. The molecule has 0 aliphatic carbocycles. The number of aryl methyl sites for hydroxylation is 2. The number of rotatable bonds is 3. The van der Waals surface area contributed by atoms with Crippen LogP contribution in [-0.2, 0) is 0 Å². The lowest BCUT2D eigenvalue weighted by Crippen LogP contribution is -2.35. The minimum atomic E-state index is 0.493. The van der Waals surface area contributed by atoms with Crippen molar-refractivity contribution < 1.29 is 0 Å². The molecule has 4 heterocycles. The van der Waals surface area contributed by atoms with Crippen LogP contribution in [-0.4, -0.2) is 33.0 Å². The van der Waals surface area contributed by atoms with Crippen LogP contribution in [0.1, 0.15) is 35.2 Å². The Morgan fingerprint density at radius 3 is 2.68 bits per heavy atom. The first-order chi connectivity index (χ1) is 12.2. The van der Waals surface area contributed by atoms with Crippen molar-refractivity contribution in [2.75, 3.05) is 18.0 Å². The molecule has 0 saturated carbocycles. The first-order valence-electron chi connectivity index (χ1n) is 8.62. The van der Waals surface area contributed by atoms with E-state index in [1.165, 1.54) is 11.4 Å². The van der Waals surface area contributed by atoms with Gasteiger partial charge < -0.3 is 4.90 Å². The molecule has 0 N–H and O–H groups in total. The molecule has 0 aromatic carbocycles. The Bertz CT molecular complexity index is 861. The van der Waals surface area contributed by atoms with Crippen LogP contribution in [0.25, 0.3) is 11.4 Å². The van der Waals surface area contributed by atoms with Gasteiger partial charge in [0.1, 0.15) is 5.82 Å². The zero-order valence-electron chi connectivity index (χ0n) is 14.5. The van der Waals surface area contributed by atoms with E-state index in [1.54, 1.807) is 23.7 Å². The van der Waals surface area contributed by atoms with Crippen molar-refractivity contribution >= 4 is 17.2 Å². The molecule has 128 valence electrons. The Balaban J connectivity index is 1.61. The van der Waals surface area contributed by atoms with Crippen LogP contribution < -0.4 is 4.90 Å². The second kappa shape index (κ2) is 6.88. The van der Waals surface area contributed by atoms with Crippen LogP contribution in [0.5, 0.6) is 0 Å². The first kappa shape index (κ1) is 16.1. The zero-order valence-corrected chi connectivity index (χ0v) is 15.3. The van der Waals surface area contributed by atoms with Gasteiger partial charge in [-0.3, -0.25) is 4.98 Å². The number of hydrogen-bond donors (Lipinski definition) is 0. The summed E-state index contributed by atoms with van der Waals surface area (Å²) in [5.41, 5.74) is 3.11. The van der Waals surface area contributed by atoms with Crippen LogP contribution in [0.4, 0.5) is 5.82 Å². The van der Waals surface area contributed by atoms with Crippen LogP contribution in [0.2, 0.25) is 0 Å². The second-order valence-electron chi connectivity index (χ2n) is 6.54. The number of thiazole rings is 1. The van der Waals surface area contributed by atoms with Crippen LogP contribution in [0, 0.1) is 13.8 Å². The number of hydrogen-bond acceptors (Lipinski definition) is 6. The predicted octanol–water partition coefficient (Wildman–Crippen LogP) is 4.00. The van der Waals surface area contributed by atoms with Crippen molar-refractivity contribution in [1.82, 2.24) is 19.9 Å². The molecule has 3 aromatic heterocycles. The molecule has 1 aliphatic heterocycles. The van der Waals surface area contributed by atoms with Gasteiger partial charge >= 0.3 is 0 Å². The summed E-state index contributed by atoms with van der Waals surface area (Å²) in [6.07, 6.45) is 5.92. The summed E-state index contributed by atoms with van der Waals surface area (Å²) in [6.45, 7) is 6.10. The Morgan fingerprint density at radius 1 is 1.08 bits per heavy atom. The molecule has 1 aliphatic rings. The highest BCUT2D eigenvalue weighted by molar-refractivity contribution is 7.09. The summed E-state index contributed by atoms with van der Waals surface area (Å²) in [6, 6.07) is 5.99. The molecule has 0 unspecified atom stereocenters. The number of aromatic nitrogens is 4. The normalized spacial score (nSPS) is 17.7. The van der Waals surface area contributed by atoms with E-state index in [-0.39, 0.29) is 0 Å². The molecule has 25 heavy (non-hydrogen) atoms. The molecule has 1 saturated heterocycles. The fraction of sp³-hybridized carbons (Fsp3) is 0.368. The summed E-state index contributed by atoms with van der Waals surface area (Å²) in [4.78, 5) is 20.6. The minimum Gasteiger partial charge on any atom is -0.356 e. The lowest BCUT2D eigenvalue weighted by atomic mass is 9.98. The minimum absolute atomic E-state index is 0.493. The van der Waals surface area contributed by atoms with Gasteiger partial charge in [0.15, 0.2) is 5.82 Å². The Hall–Kier alpha value is -2.34. The van der Waals surface area contributed by atoms with Gasteiger partial charge in [0.05, 0.1) is 5.01 Å². The second-order valence-corrected chi connectivity index (χ2v) is 7.43. The van der Waals surface area contributed by atoms with E-state index in [0.29, 0.717) is 5.92 Å². The molecule has 5 nitrogen and oxygen atoms in total. The van der Waals surface area contributed by atoms with Crippen LogP contribution in [0.15, 0.2) is 36.0 Å². The maximum Gasteiger partial charge on any atom is 0.161 e. The van der Waals surface area contributed by atoms with Gasteiger partial charge in [-0.2, -0.15) is 0 Å². The maximum atomic E-state index is 4.83. The highest BCUT2D eigenvalue weighted by Crippen LogP contribution is 2.31. The van der Waals surface area contributed by atoms with E-state index in [2.05, 4.69) is 33.2 Å². The quantitative estimate of drug-likeness (QED) is 0.714. The van der Waals surface area contributed by atoms with E-state index in [9.17, 15) is 0 Å². The lowest BCUT2D eigenvalue weighted by Gasteiger charge is -2.33. The maximum absolute atomic E-state index is 4.83. The molecule has 0 spiro atoms. The average Bonchev–Trinajstić information content (AvgIpc) is 3.08. The molecular formula is C19H21N5S. The SMILES string of the molecule is Cc1cc(N2CCC[C@H](c3nc(C)cs3)C2)nc(-c2ccncc2)n1. The standard InChI is InChI=1S/C19H21N5S/c1-13-10-17(23-18(21-13)15-5-7-20-8-6-15)24-9-3-4-16(11-24)19-22-14(2)12-25-19/h5-8,10,12,16H,3-4,9,11H2,1-2H3/t16-/m0/s1. The highest BCUT2D eigenvalue weighted by atomic mass is 32.1. The lowest BCUT2D eigenvalue weighted by molar-refractivity contribution is 0.505. The van der Waals surface area contributed by atoms with Gasteiger partial charge in [0.2, 0.25) is 0 Å².